The first-order chi connectivity index (χ1) is 12.8. The van der Waals surface area contributed by atoms with Gasteiger partial charge in [0, 0.05) is 5.69 Å². The molecule has 1 heterocycles. The number of hydrogen-bond donors (Lipinski definition) is 1. The van der Waals surface area contributed by atoms with E-state index in [-0.39, 0.29) is 0 Å². The number of nitrogens with zero attached hydrogens (tertiary/aromatic N) is 3. The summed E-state index contributed by atoms with van der Waals surface area (Å²) in [6.07, 6.45) is 2.67. The van der Waals surface area contributed by atoms with Crippen molar-refractivity contribution in [3.8, 4) is 16.8 Å². The summed E-state index contributed by atoms with van der Waals surface area (Å²) in [6.45, 7) is 4.30. The zero-order chi connectivity index (χ0) is 17.9. The Morgan fingerprint density at radius 1 is 0.962 bits per heavy atom. The first kappa shape index (κ1) is 16.2. The van der Waals surface area contributed by atoms with Crippen LogP contribution in [0, 0.1) is 0 Å². The Morgan fingerprint density at radius 3 is 2.50 bits per heavy atom. The van der Waals surface area contributed by atoms with Crippen molar-refractivity contribution >= 4 is 23.4 Å². The maximum absolute atomic E-state index is 5.68. The van der Waals surface area contributed by atoms with Crippen molar-refractivity contribution < 1.29 is 0 Å². The molecule has 0 atom stereocenters. The number of para-hydroxylation sites is 1. The molecule has 1 aromatic heterocycles. The van der Waals surface area contributed by atoms with Gasteiger partial charge in [0.25, 0.3) is 0 Å². The number of imidazole rings is 1. The van der Waals surface area contributed by atoms with Gasteiger partial charge in [-0.05, 0) is 66.7 Å². The Kier molecular flexibility index (Phi) is 4.33. The normalized spacial score (nSPS) is 11.0. The number of benzene rings is 3. The quantitative estimate of drug-likeness (QED) is 0.543. The lowest BCUT2D eigenvalue weighted by Crippen LogP contribution is -2.02. The third-order valence-corrected chi connectivity index (χ3v) is 4.58. The minimum Gasteiger partial charge on any atom is -0.330 e. The van der Waals surface area contributed by atoms with Crippen LogP contribution in [0.15, 0.2) is 78.0 Å². The molecule has 0 unspecified atom stereocenters. The van der Waals surface area contributed by atoms with Crippen molar-refractivity contribution in [3.05, 3.63) is 78.6 Å². The Balaban J connectivity index is 1.82. The second-order valence-corrected chi connectivity index (χ2v) is 6.19. The van der Waals surface area contributed by atoms with Crippen LogP contribution in [-0.2, 0) is 6.42 Å². The SMILES string of the molecule is C=Nc1cc(-c2ccc3ncn(-c4ccccc4)c3c2)ccc1CCN. The average Bonchev–Trinajstić information content (AvgIpc) is 3.12. The van der Waals surface area contributed by atoms with E-state index in [9.17, 15) is 0 Å². The van der Waals surface area contributed by atoms with E-state index in [4.69, 9.17) is 5.73 Å². The minimum atomic E-state index is 0.601. The molecular weight excluding hydrogens is 320 g/mol. The van der Waals surface area contributed by atoms with Gasteiger partial charge in [0.1, 0.15) is 6.33 Å². The minimum absolute atomic E-state index is 0.601. The molecule has 0 fully saturated rings. The van der Waals surface area contributed by atoms with Crippen LogP contribution >= 0.6 is 0 Å². The average molecular weight is 340 g/mol. The summed E-state index contributed by atoms with van der Waals surface area (Å²) in [7, 11) is 0. The van der Waals surface area contributed by atoms with Gasteiger partial charge in [0.05, 0.1) is 16.7 Å². The highest BCUT2D eigenvalue weighted by atomic mass is 15.0. The van der Waals surface area contributed by atoms with Crippen LogP contribution in [0.2, 0.25) is 0 Å². The topological polar surface area (TPSA) is 56.2 Å². The molecule has 0 saturated heterocycles. The summed E-state index contributed by atoms with van der Waals surface area (Å²) < 4.78 is 2.11. The van der Waals surface area contributed by atoms with E-state index in [1.165, 1.54) is 0 Å². The lowest BCUT2D eigenvalue weighted by molar-refractivity contribution is 0.968. The van der Waals surface area contributed by atoms with Gasteiger partial charge < -0.3 is 5.73 Å². The first-order valence-electron chi connectivity index (χ1n) is 8.63. The van der Waals surface area contributed by atoms with Gasteiger partial charge in [-0.25, -0.2) is 4.98 Å². The summed E-state index contributed by atoms with van der Waals surface area (Å²) in [5.41, 5.74) is 13.1. The molecule has 0 aliphatic heterocycles. The molecule has 26 heavy (non-hydrogen) atoms. The van der Waals surface area contributed by atoms with Crippen molar-refractivity contribution in [2.45, 2.75) is 6.42 Å². The summed E-state index contributed by atoms with van der Waals surface area (Å²) in [5.74, 6) is 0. The largest absolute Gasteiger partial charge is 0.330 e. The van der Waals surface area contributed by atoms with Crippen LogP contribution in [0.1, 0.15) is 5.56 Å². The van der Waals surface area contributed by atoms with Crippen LogP contribution in [0.4, 0.5) is 5.69 Å². The highest BCUT2D eigenvalue weighted by Gasteiger charge is 2.08. The number of aromatic nitrogens is 2. The molecule has 0 aliphatic carbocycles. The zero-order valence-corrected chi connectivity index (χ0v) is 14.5. The van der Waals surface area contributed by atoms with Crippen molar-refractivity contribution in [3.63, 3.8) is 0 Å². The van der Waals surface area contributed by atoms with Gasteiger partial charge in [-0.1, -0.05) is 36.4 Å². The molecule has 0 bridgehead atoms. The van der Waals surface area contributed by atoms with Crippen LogP contribution in [0.25, 0.3) is 27.8 Å². The third kappa shape index (κ3) is 2.91. The van der Waals surface area contributed by atoms with E-state index in [1.54, 1.807) is 0 Å². The summed E-state index contributed by atoms with van der Waals surface area (Å²) in [5, 5.41) is 0. The molecule has 4 heteroatoms. The predicted molar refractivity (Wildman–Crippen MR) is 108 cm³/mol. The standard InChI is InChI=1S/C22H20N4/c1-24-21-13-17(8-7-16(21)11-12-23)18-9-10-20-22(14-18)26(15-25-20)19-5-3-2-4-6-19/h2-10,13-15H,1,11-12,23H2. The van der Waals surface area contributed by atoms with Crippen molar-refractivity contribution in [2.75, 3.05) is 6.54 Å². The zero-order valence-electron chi connectivity index (χ0n) is 14.5. The molecule has 0 amide bonds. The smallest absolute Gasteiger partial charge is 0.100 e. The van der Waals surface area contributed by atoms with E-state index in [0.29, 0.717) is 6.54 Å². The van der Waals surface area contributed by atoms with Gasteiger partial charge in [-0.15, -0.1) is 0 Å². The predicted octanol–water partition coefficient (Wildman–Crippen LogP) is 4.53. The molecule has 0 spiro atoms. The molecule has 4 rings (SSSR count). The monoisotopic (exact) mass is 340 g/mol. The molecule has 0 radical (unpaired) electrons. The van der Waals surface area contributed by atoms with Gasteiger partial charge in [0.2, 0.25) is 0 Å². The van der Waals surface area contributed by atoms with Gasteiger partial charge in [0.15, 0.2) is 0 Å². The lowest BCUT2D eigenvalue weighted by Gasteiger charge is -2.09. The van der Waals surface area contributed by atoms with E-state index in [2.05, 4.69) is 69.8 Å². The summed E-state index contributed by atoms with van der Waals surface area (Å²) >= 11 is 0. The van der Waals surface area contributed by atoms with Crippen LogP contribution in [0.5, 0.6) is 0 Å². The number of hydrogen-bond acceptors (Lipinski definition) is 3. The number of fused-ring (bicyclic) bond motifs is 1. The highest BCUT2D eigenvalue weighted by molar-refractivity contribution is 5.84. The highest BCUT2D eigenvalue weighted by Crippen LogP contribution is 2.30. The fraction of sp³-hybridized carbons (Fsp3) is 0.0909. The summed E-state index contributed by atoms with van der Waals surface area (Å²) in [6, 6.07) is 22.8. The fourth-order valence-electron chi connectivity index (χ4n) is 3.24. The molecule has 0 aliphatic rings. The maximum atomic E-state index is 5.68. The maximum Gasteiger partial charge on any atom is 0.100 e. The van der Waals surface area contributed by atoms with Crippen LogP contribution < -0.4 is 5.73 Å². The van der Waals surface area contributed by atoms with E-state index < -0.39 is 0 Å². The summed E-state index contributed by atoms with van der Waals surface area (Å²) in [4.78, 5) is 8.69. The molecule has 4 nitrogen and oxygen atoms in total. The molecule has 3 aromatic carbocycles. The third-order valence-electron chi connectivity index (χ3n) is 4.58. The van der Waals surface area contributed by atoms with Gasteiger partial charge in [-0.3, -0.25) is 9.56 Å². The Labute approximate surface area is 152 Å². The Bertz CT molecular complexity index is 1060. The number of nitrogens with two attached hydrogens (primary N) is 1. The Hall–Kier alpha value is -3.24. The van der Waals surface area contributed by atoms with Crippen LogP contribution in [-0.4, -0.2) is 22.8 Å². The number of rotatable bonds is 5. The second-order valence-electron chi connectivity index (χ2n) is 6.19. The molecule has 128 valence electrons. The van der Waals surface area contributed by atoms with Crippen LogP contribution in [0.3, 0.4) is 0 Å². The van der Waals surface area contributed by atoms with E-state index >= 15 is 0 Å². The fourth-order valence-corrected chi connectivity index (χ4v) is 3.24. The molecular formula is C22H20N4. The van der Waals surface area contributed by atoms with E-state index in [1.807, 2.05) is 24.5 Å². The number of aliphatic imine (C=N–C) groups is 1. The first-order valence-corrected chi connectivity index (χ1v) is 8.63. The molecule has 0 saturated carbocycles. The lowest BCUT2D eigenvalue weighted by atomic mass is 10.0. The Morgan fingerprint density at radius 2 is 1.73 bits per heavy atom. The van der Waals surface area contributed by atoms with Crippen molar-refractivity contribution in [1.82, 2.24) is 9.55 Å². The van der Waals surface area contributed by atoms with Gasteiger partial charge in [-0.2, -0.15) is 0 Å². The van der Waals surface area contributed by atoms with Crippen molar-refractivity contribution in [2.24, 2.45) is 10.7 Å². The van der Waals surface area contributed by atoms with Gasteiger partial charge >= 0.3 is 0 Å². The molecule has 4 aromatic rings. The second kappa shape index (κ2) is 6.94. The van der Waals surface area contributed by atoms with Crippen molar-refractivity contribution in [1.29, 1.82) is 0 Å². The van der Waals surface area contributed by atoms with E-state index in [0.717, 1.165) is 45.5 Å². The molecule has 2 N–H and O–H groups in total.